The zero-order valence-electron chi connectivity index (χ0n) is 10.7. The first kappa shape index (κ1) is 13.7. The molecule has 0 fully saturated rings. The van der Waals surface area contributed by atoms with Crippen LogP contribution in [0.15, 0.2) is 12.1 Å². The molecule has 1 amide bonds. The highest BCUT2D eigenvalue weighted by Gasteiger charge is 2.17. The van der Waals surface area contributed by atoms with Crippen molar-refractivity contribution in [3.8, 4) is 23.8 Å². The van der Waals surface area contributed by atoms with Crippen LogP contribution in [0.5, 0.6) is 11.5 Å². The standard InChI is InChI=1S/C13H16N2O3/c1-5-6-15(2)13(16)9-7-11(17-3)12(18-4)8-10(9)14/h1,7-8H,6,14H2,2-4H3. The Morgan fingerprint density at radius 2 is 1.94 bits per heavy atom. The third kappa shape index (κ3) is 2.66. The summed E-state index contributed by atoms with van der Waals surface area (Å²) in [6.45, 7) is 0.215. The SMILES string of the molecule is C#CCN(C)C(=O)c1cc(OC)c(OC)cc1N. The Labute approximate surface area is 106 Å². The van der Waals surface area contributed by atoms with Gasteiger partial charge in [-0.1, -0.05) is 5.92 Å². The Morgan fingerprint density at radius 1 is 1.39 bits per heavy atom. The molecule has 0 aliphatic carbocycles. The molecule has 0 aromatic heterocycles. The lowest BCUT2D eigenvalue weighted by Crippen LogP contribution is -2.27. The summed E-state index contributed by atoms with van der Waals surface area (Å²) >= 11 is 0. The van der Waals surface area contributed by atoms with Gasteiger partial charge in [-0.3, -0.25) is 4.79 Å². The van der Waals surface area contributed by atoms with Crippen molar-refractivity contribution in [3.05, 3.63) is 17.7 Å². The highest BCUT2D eigenvalue weighted by atomic mass is 16.5. The van der Waals surface area contributed by atoms with Crippen LogP contribution in [0.25, 0.3) is 0 Å². The molecule has 0 spiro atoms. The smallest absolute Gasteiger partial charge is 0.256 e. The molecule has 5 heteroatoms. The van der Waals surface area contributed by atoms with Gasteiger partial charge in [-0.05, 0) is 6.07 Å². The Kier molecular flexibility index (Phi) is 4.44. The predicted octanol–water partition coefficient (Wildman–Crippen LogP) is 0.991. The molecule has 96 valence electrons. The highest BCUT2D eigenvalue weighted by molar-refractivity contribution is 6.00. The second-order valence-electron chi connectivity index (χ2n) is 3.66. The number of carbonyl (C=O) groups is 1. The average molecular weight is 248 g/mol. The lowest BCUT2D eigenvalue weighted by Gasteiger charge is -2.17. The molecule has 1 aromatic rings. The number of carbonyl (C=O) groups excluding carboxylic acids is 1. The zero-order chi connectivity index (χ0) is 13.7. The number of nitrogen functional groups attached to an aromatic ring is 1. The molecule has 0 bridgehead atoms. The van der Waals surface area contributed by atoms with Gasteiger partial charge in [0.15, 0.2) is 11.5 Å². The second kappa shape index (κ2) is 5.82. The molecule has 1 aromatic carbocycles. The second-order valence-corrected chi connectivity index (χ2v) is 3.66. The van der Waals surface area contributed by atoms with E-state index in [4.69, 9.17) is 21.6 Å². The van der Waals surface area contributed by atoms with Crippen molar-refractivity contribution < 1.29 is 14.3 Å². The Hall–Kier alpha value is -2.35. The average Bonchev–Trinajstić information content (AvgIpc) is 2.37. The molecule has 0 saturated heterocycles. The van der Waals surface area contributed by atoms with Crippen LogP contribution in [0.4, 0.5) is 5.69 Å². The van der Waals surface area contributed by atoms with E-state index in [1.807, 2.05) is 0 Å². The van der Waals surface area contributed by atoms with Gasteiger partial charge in [0.05, 0.1) is 26.3 Å². The normalized spacial score (nSPS) is 9.44. The van der Waals surface area contributed by atoms with Crippen molar-refractivity contribution in [3.63, 3.8) is 0 Å². The fraction of sp³-hybridized carbons (Fsp3) is 0.308. The minimum absolute atomic E-state index is 0.215. The molecule has 18 heavy (non-hydrogen) atoms. The number of ether oxygens (including phenoxy) is 2. The minimum Gasteiger partial charge on any atom is -0.493 e. The Balaban J connectivity index is 3.17. The molecule has 0 unspecified atom stereocenters. The molecule has 0 atom stereocenters. The van der Waals surface area contributed by atoms with Crippen molar-refractivity contribution in [1.82, 2.24) is 4.90 Å². The van der Waals surface area contributed by atoms with Gasteiger partial charge in [-0.2, -0.15) is 0 Å². The largest absolute Gasteiger partial charge is 0.493 e. The summed E-state index contributed by atoms with van der Waals surface area (Å²) in [5.74, 6) is 3.07. The van der Waals surface area contributed by atoms with Crippen LogP contribution in [0.3, 0.4) is 0 Å². The van der Waals surface area contributed by atoms with Gasteiger partial charge >= 0.3 is 0 Å². The van der Waals surface area contributed by atoms with Crippen LogP contribution < -0.4 is 15.2 Å². The highest BCUT2D eigenvalue weighted by Crippen LogP contribution is 2.32. The molecule has 0 aliphatic heterocycles. The van der Waals surface area contributed by atoms with E-state index in [0.717, 1.165) is 0 Å². The zero-order valence-corrected chi connectivity index (χ0v) is 10.7. The first-order chi connectivity index (χ1) is 8.54. The van der Waals surface area contributed by atoms with Crippen LogP contribution in [0.1, 0.15) is 10.4 Å². The van der Waals surface area contributed by atoms with Crippen LogP contribution in [-0.2, 0) is 0 Å². The van der Waals surface area contributed by atoms with E-state index in [2.05, 4.69) is 5.92 Å². The van der Waals surface area contributed by atoms with E-state index >= 15 is 0 Å². The first-order valence-corrected chi connectivity index (χ1v) is 5.25. The third-order valence-corrected chi connectivity index (χ3v) is 2.46. The van der Waals surface area contributed by atoms with Crippen molar-refractivity contribution in [1.29, 1.82) is 0 Å². The number of methoxy groups -OCH3 is 2. The number of nitrogens with two attached hydrogens (primary N) is 1. The molecule has 0 heterocycles. The van der Waals surface area contributed by atoms with Gasteiger partial charge in [0, 0.05) is 18.8 Å². The van der Waals surface area contributed by atoms with Crippen LogP contribution >= 0.6 is 0 Å². The van der Waals surface area contributed by atoms with Crippen molar-refractivity contribution in [2.75, 3.05) is 33.5 Å². The van der Waals surface area contributed by atoms with E-state index in [1.165, 1.54) is 19.1 Å². The van der Waals surface area contributed by atoms with Gasteiger partial charge in [-0.25, -0.2) is 0 Å². The molecule has 2 N–H and O–H groups in total. The van der Waals surface area contributed by atoms with Gasteiger partial charge in [-0.15, -0.1) is 6.42 Å². The van der Waals surface area contributed by atoms with Crippen LogP contribution in [0, 0.1) is 12.3 Å². The summed E-state index contributed by atoms with van der Waals surface area (Å²) in [6, 6.07) is 3.10. The van der Waals surface area contributed by atoms with Crippen LogP contribution in [0.2, 0.25) is 0 Å². The predicted molar refractivity (Wildman–Crippen MR) is 69.8 cm³/mol. The van der Waals surface area contributed by atoms with E-state index in [-0.39, 0.29) is 12.5 Å². The number of amides is 1. The van der Waals surface area contributed by atoms with E-state index in [1.54, 1.807) is 19.2 Å². The minimum atomic E-state index is -0.258. The van der Waals surface area contributed by atoms with Crippen molar-refractivity contribution >= 4 is 11.6 Å². The number of benzene rings is 1. The fourth-order valence-corrected chi connectivity index (χ4v) is 1.49. The number of nitrogens with zero attached hydrogens (tertiary/aromatic N) is 1. The summed E-state index contributed by atoms with van der Waals surface area (Å²) < 4.78 is 10.2. The summed E-state index contributed by atoms with van der Waals surface area (Å²) in [5.41, 5.74) is 6.48. The number of hydrogen-bond acceptors (Lipinski definition) is 4. The molecular weight excluding hydrogens is 232 g/mol. The maximum atomic E-state index is 12.1. The summed E-state index contributed by atoms with van der Waals surface area (Å²) in [7, 11) is 4.61. The number of hydrogen-bond donors (Lipinski definition) is 1. The van der Waals surface area contributed by atoms with Gasteiger partial charge in [0.25, 0.3) is 5.91 Å². The first-order valence-electron chi connectivity index (χ1n) is 5.25. The molecule has 5 nitrogen and oxygen atoms in total. The maximum Gasteiger partial charge on any atom is 0.256 e. The number of rotatable bonds is 4. The van der Waals surface area contributed by atoms with Crippen LogP contribution in [-0.4, -0.2) is 38.6 Å². The number of anilines is 1. The monoisotopic (exact) mass is 248 g/mol. The Bertz CT molecular complexity index is 492. The molecule has 0 saturated carbocycles. The van der Waals surface area contributed by atoms with E-state index in [9.17, 15) is 4.79 Å². The summed E-state index contributed by atoms with van der Waals surface area (Å²) in [5, 5.41) is 0. The van der Waals surface area contributed by atoms with Crippen molar-refractivity contribution in [2.24, 2.45) is 0 Å². The topological polar surface area (TPSA) is 64.8 Å². The maximum absolute atomic E-state index is 12.1. The van der Waals surface area contributed by atoms with Gasteiger partial charge in [0.2, 0.25) is 0 Å². The van der Waals surface area contributed by atoms with Gasteiger partial charge < -0.3 is 20.1 Å². The fourth-order valence-electron chi connectivity index (χ4n) is 1.49. The Morgan fingerprint density at radius 3 is 2.44 bits per heavy atom. The summed E-state index contributed by atoms with van der Waals surface area (Å²) in [6.07, 6.45) is 5.17. The van der Waals surface area contributed by atoms with Gasteiger partial charge in [0.1, 0.15) is 0 Å². The lowest BCUT2D eigenvalue weighted by molar-refractivity contribution is 0.0813. The number of terminal acetylenes is 1. The van der Waals surface area contributed by atoms with E-state index < -0.39 is 0 Å². The molecule has 0 aliphatic rings. The van der Waals surface area contributed by atoms with Crippen molar-refractivity contribution in [2.45, 2.75) is 0 Å². The van der Waals surface area contributed by atoms with E-state index in [0.29, 0.717) is 22.7 Å². The quantitative estimate of drug-likeness (QED) is 0.637. The molecule has 1 rings (SSSR count). The summed E-state index contributed by atoms with van der Waals surface area (Å²) in [4.78, 5) is 13.5. The molecule has 0 radical (unpaired) electrons. The lowest BCUT2D eigenvalue weighted by atomic mass is 10.1. The third-order valence-electron chi connectivity index (χ3n) is 2.46. The molecular formula is C13H16N2O3.